The molecular weight excluding hydrogens is 427 g/mol. The number of nitro groups is 1. The number of hydrogen-bond donors (Lipinski definition) is 0. The first-order valence-electron chi connectivity index (χ1n) is 9.50. The van der Waals surface area contributed by atoms with E-state index in [0.717, 1.165) is 6.20 Å². The van der Waals surface area contributed by atoms with Crippen LogP contribution in [0.3, 0.4) is 0 Å². The zero-order chi connectivity index (χ0) is 23.5. The predicted octanol–water partition coefficient (Wildman–Crippen LogP) is 5.34. The van der Waals surface area contributed by atoms with E-state index in [-0.39, 0.29) is 17.5 Å². The van der Waals surface area contributed by atoms with Crippen LogP contribution in [0.1, 0.15) is 12.5 Å². The van der Waals surface area contributed by atoms with Crippen LogP contribution in [-0.2, 0) is 6.18 Å². The second-order valence-corrected chi connectivity index (χ2v) is 6.72. The number of benzene rings is 2. The maximum absolute atomic E-state index is 13.6. The first-order valence-corrected chi connectivity index (χ1v) is 9.50. The van der Waals surface area contributed by atoms with Crippen LogP contribution in [0.4, 0.5) is 42.0 Å². The quantitative estimate of drug-likeness (QED) is 0.357. The van der Waals surface area contributed by atoms with Crippen LogP contribution < -0.4 is 14.5 Å². The summed E-state index contributed by atoms with van der Waals surface area (Å²) in [6, 6.07) is 12.1. The van der Waals surface area contributed by atoms with Crippen molar-refractivity contribution in [3.05, 3.63) is 70.4 Å². The van der Waals surface area contributed by atoms with Crippen LogP contribution in [0.25, 0.3) is 0 Å². The first kappa shape index (κ1) is 22.8. The SMILES string of the molecule is CCOc1ccc(N(C)c2ncc(C(F)(F)F)c(N(C)c3ccc([N+](=O)[O-])cc3)n2)cc1. The second-order valence-electron chi connectivity index (χ2n) is 6.72. The molecule has 0 aliphatic heterocycles. The van der Waals surface area contributed by atoms with Crippen LogP contribution in [0.5, 0.6) is 5.75 Å². The van der Waals surface area contributed by atoms with Crippen molar-refractivity contribution in [3.8, 4) is 5.75 Å². The van der Waals surface area contributed by atoms with Gasteiger partial charge in [0, 0.05) is 43.8 Å². The molecule has 0 fully saturated rings. The third-order valence-corrected chi connectivity index (χ3v) is 4.66. The van der Waals surface area contributed by atoms with Gasteiger partial charge in [-0.2, -0.15) is 18.2 Å². The van der Waals surface area contributed by atoms with Gasteiger partial charge in [0.05, 0.1) is 11.5 Å². The highest BCUT2D eigenvalue weighted by Gasteiger charge is 2.37. The van der Waals surface area contributed by atoms with E-state index in [1.165, 1.54) is 36.2 Å². The van der Waals surface area contributed by atoms with Crippen LogP contribution in [0, 0.1) is 10.1 Å². The summed E-state index contributed by atoms with van der Waals surface area (Å²) in [5, 5.41) is 10.9. The topological polar surface area (TPSA) is 84.6 Å². The summed E-state index contributed by atoms with van der Waals surface area (Å²) in [5.74, 6) is 0.330. The average Bonchev–Trinajstić information content (AvgIpc) is 2.78. The monoisotopic (exact) mass is 447 g/mol. The fourth-order valence-corrected chi connectivity index (χ4v) is 2.95. The maximum Gasteiger partial charge on any atom is 0.421 e. The van der Waals surface area contributed by atoms with Crippen molar-refractivity contribution >= 4 is 28.8 Å². The maximum atomic E-state index is 13.6. The molecular formula is C21H20F3N5O3. The van der Waals surface area contributed by atoms with E-state index in [1.54, 1.807) is 36.2 Å². The molecule has 0 aliphatic rings. The average molecular weight is 447 g/mol. The molecule has 0 bridgehead atoms. The molecule has 11 heteroatoms. The Bertz CT molecular complexity index is 1090. The molecule has 0 atom stereocenters. The van der Waals surface area contributed by atoms with E-state index >= 15 is 0 Å². The fourth-order valence-electron chi connectivity index (χ4n) is 2.95. The van der Waals surface area contributed by atoms with Crippen molar-refractivity contribution in [2.24, 2.45) is 0 Å². The smallest absolute Gasteiger partial charge is 0.421 e. The summed E-state index contributed by atoms with van der Waals surface area (Å²) >= 11 is 0. The van der Waals surface area contributed by atoms with Gasteiger partial charge in [0.1, 0.15) is 11.3 Å². The minimum Gasteiger partial charge on any atom is -0.494 e. The molecule has 2 aromatic carbocycles. The molecule has 0 saturated heterocycles. The first-order chi connectivity index (χ1) is 15.1. The number of hydrogen-bond acceptors (Lipinski definition) is 7. The van der Waals surface area contributed by atoms with Gasteiger partial charge in [0.15, 0.2) is 5.82 Å². The lowest BCUT2D eigenvalue weighted by Gasteiger charge is -2.25. The predicted molar refractivity (Wildman–Crippen MR) is 114 cm³/mol. The number of halogens is 3. The number of anilines is 4. The fraction of sp³-hybridized carbons (Fsp3) is 0.238. The lowest BCUT2D eigenvalue weighted by atomic mass is 10.2. The number of ether oxygens (including phenoxy) is 1. The molecule has 0 amide bonds. The molecule has 0 saturated carbocycles. The second kappa shape index (κ2) is 9.08. The van der Waals surface area contributed by atoms with E-state index in [4.69, 9.17) is 4.74 Å². The minimum absolute atomic E-state index is 0.0471. The van der Waals surface area contributed by atoms with Crippen molar-refractivity contribution in [2.45, 2.75) is 13.1 Å². The Morgan fingerprint density at radius 3 is 2.09 bits per heavy atom. The van der Waals surface area contributed by atoms with E-state index in [1.807, 2.05) is 6.92 Å². The molecule has 3 aromatic rings. The lowest BCUT2D eigenvalue weighted by molar-refractivity contribution is -0.384. The van der Waals surface area contributed by atoms with E-state index in [9.17, 15) is 23.3 Å². The van der Waals surface area contributed by atoms with Crippen LogP contribution in [0.2, 0.25) is 0 Å². The van der Waals surface area contributed by atoms with Crippen molar-refractivity contribution in [2.75, 3.05) is 30.5 Å². The Morgan fingerprint density at radius 1 is 1.00 bits per heavy atom. The largest absolute Gasteiger partial charge is 0.494 e. The van der Waals surface area contributed by atoms with E-state index in [0.29, 0.717) is 23.7 Å². The summed E-state index contributed by atoms with van der Waals surface area (Å²) in [6.07, 6.45) is -3.97. The van der Waals surface area contributed by atoms with Gasteiger partial charge in [-0.3, -0.25) is 10.1 Å². The van der Waals surface area contributed by atoms with Crippen LogP contribution in [0.15, 0.2) is 54.7 Å². The molecule has 1 heterocycles. The molecule has 0 radical (unpaired) electrons. The highest BCUT2D eigenvalue weighted by Crippen LogP contribution is 2.38. The van der Waals surface area contributed by atoms with Crippen molar-refractivity contribution < 1.29 is 22.8 Å². The van der Waals surface area contributed by atoms with Crippen molar-refractivity contribution in [1.29, 1.82) is 0 Å². The summed E-state index contributed by atoms with van der Waals surface area (Å²) in [7, 11) is 3.04. The Hall–Kier alpha value is -3.89. The van der Waals surface area contributed by atoms with E-state index in [2.05, 4.69) is 9.97 Å². The van der Waals surface area contributed by atoms with Gasteiger partial charge >= 0.3 is 6.18 Å². The zero-order valence-corrected chi connectivity index (χ0v) is 17.5. The molecule has 0 unspecified atom stereocenters. The zero-order valence-electron chi connectivity index (χ0n) is 17.5. The summed E-state index contributed by atoms with van der Waals surface area (Å²) in [5.41, 5.74) is -0.245. The highest BCUT2D eigenvalue weighted by molar-refractivity contribution is 5.66. The molecule has 0 spiro atoms. The van der Waals surface area contributed by atoms with Gasteiger partial charge < -0.3 is 14.5 Å². The van der Waals surface area contributed by atoms with Gasteiger partial charge in [-0.15, -0.1) is 0 Å². The number of nitro benzene ring substituents is 1. The standard InChI is InChI=1S/C21H20F3N5O3/c1-4-32-17-11-9-15(10-12-17)28(3)20-25-13-18(21(22,23)24)19(26-20)27(2)14-5-7-16(8-6-14)29(30)31/h5-13H,4H2,1-3H3. The van der Waals surface area contributed by atoms with Crippen molar-refractivity contribution in [3.63, 3.8) is 0 Å². The number of rotatable bonds is 7. The van der Waals surface area contributed by atoms with Gasteiger partial charge in [-0.1, -0.05) is 0 Å². The molecule has 0 aliphatic carbocycles. The Kier molecular flexibility index (Phi) is 6.47. The molecule has 0 N–H and O–H groups in total. The third-order valence-electron chi connectivity index (χ3n) is 4.66. The normalized spacial score (nSPS) is 11.2. The van der Waals surface area contributed by atoms with Crippen LogP contribution in [-0.4, -0.2) is 35.6 Å². The number of non-ortho nitro benzene ring substituents is 1. The molecule has 3 rings (SSSR count). The number of alkyl halides is 3. The molecule has 168 valence electrons. The number of nitrogens with zero attached hydrogens (tertiary/aromatic N) is 5. The van der Waals surface area contributed by atoms with Gasteiger partial charge in [0.2, 0.25) is 5.95 Å². The Morgan fingerprint density at radius 2 is 1.56 bits per heavy atom. The Labute approximate surface area is 182 Å². The minimum atomic E-state index is -4.69. The van der Waals surface area contributed by atoms with Crippen LogP contribution >= 0.6 is 0 Å². The molecule has 1 aromatic heterocycles. The lowest BCUT2D eigenvalue weighted by Crippen LogP contribution is -2.21. The third kappa shape index (κ3) is 4.88. The number of aromatic nitrogens is 2. The summed E-state index contributed by atoms with van der Waals surface area (Å²) in [6.45, 7) is 2.37. The molecule has 8 nitrogen and oxygen atoms in total. The van der Waals surface area contributed by atoms with Gasteiger partial charge in [-0.05, 0) is 43.3 Å². The summed E-state index contributed by atoms with van der Waals surface area (Å²) < 4.78 is 46.3. The van der Waals surface area contributed by atoms with Gasteiger partial charge in [0.25, 0.3) is 5.69 Å². The van der Waals surface area contributed by atoms with Gasteiger partial charge in [-0.25, -0.2) is 4.98 Å². The molecule has 32 heavy (non-hydrogen) atoms. The Balaban J connectivity index is 2.00. The summed E-state index contributed by atoms with van der Waals surface area (Å²) in [4.78, 5) is 21.1. The van der Waals surface area contributed by atoms with E-state index < -0.39 is 16.7 Å². The van der Waals surface area contributed by atoms with Crippen molar-refractivity contribution in [1.82, 2.24) is 9.97 Å². The highest BCUT2D eigenvalue weighted by atomic mass is 19.4.